The normalized spacial score (nSPS) is 24.6. The molecule has 1 heterocycles. The van der Waals surface area contributed by atoms with Gasteiger partial charge in [0.1, 0.15) is 6.04 Å². The van der Waals surface area contributed by atoms with E-state index in [4.69, 9.17) is 15.6 Å². The fourth-order valence-corrected chi connectivity index (χ4v) is 1.99. The predicted octanol–water partition coefficient (Wildman–Crippen LogP) is -0.866. The largest absolute Gasteiger partial charge is 0.480 e. The van der Waals surface area contributed by atoms with Crippen LogP contribution < -0.4 is 11.1 Å². The summed E-state index contributed by atoms with van der Waals surface area (Å²) < 4.78 is 5.47. The zero-order valence-corrected chi connectivity index (χ0v) is 11.0. The van der Waals surface area contributed by atoms with Gasteiger partial charge in [-0.05, 0) is 13.8 Å². The molecule has 0 bridgehead atoms. The van der Waals surface area contributed by atoms with Crippen molar-refractivity contribution in [3.8, 4) is 0 Å². The van der Waals surface area contributed by atoms with E-state index in [9.17, 15) is 14.4 Å². The fourth-order valence-electron chi connectivity index (χ4n) is 1.99. The van der Waals surface area contributed by atoms with Gasteiger partial charge in [0.05, 0.1) is 18.6 Å². The Morgan fingerprint density at radius 2 is 1.89 bits per heavy atom. The Balaban J connectivity index is 2.61. The van der Waals surface area contributed by atoms with Crippen LogP contribution in [0.2, 0.25) is 0 Å². The first-order valence-electron chi connectivity index (χ1n) is 6.01. The number of carboxylic acids is 1. The topological polar surface area (TPSA) is 122 Å². The summed E-state index contributed by atoms with van der Waals surface area (Å²) in [4.78, 5) is 35.1. The van der Waals surface area contributed by atoms with Crippen molar-refractivity contribution < 1.29 is 24.2 Å². The predicted molar refractivity (Wildman–Crippen MR) is 65.3 cm³/mol. The maximum absolute atomic E-state index is 11.9. The Morgan fingerprint density at radius 3 is 2.32 bits per heavy atom. The standard InChI is InChI=1S/C11H19N3O5/c1-6-4-14(5-7(2)19-6)11(18)13-8(10(16)17)3-9(12)15/h6-8H,3-5H2,1-2H3,(H2,12,15)(H,13,18)(H,16,17)/t6-,7+,8-/m1/s1. The van der Waals surface area contributed by atoms with Crippen molar-refractivity contribution >= 4 is 17.9 Å². The molecule has 19 heavy (non-hydrogen) atoms. The van der Waals surface area contributed by atoms with Gasteiger partial charge in [-0.15, -0.1) is 0 Å². The summed E-state index contributed by atoms with van der Waals surface area (Å²) >= 11 is 0. The van der Waals surface area contributed by atoms with Gasteiger partial charge in [-0.2, -0.15) is 0 Å². The van der Waals surface area contributed by atoms with E-state index in [0.717, 1.165) is 0 Å². The van der Waals surface area contributed by atoms with E-state index in [2.05, 4.69) is 5.32 Å². The van der Waals surface area contributed by atoms with E-state index in [1.165, 1.54) is 4.90 Å². The molecule has 1 saturated heterocycles. The van der Waals surface area contributed by atoms with Gasteiger partial charge >= 0.3 is 12.0 Å². The molecule has 3 amide bonds. The minimum Gasteiger partial charge on any atom is -0.480 e. The maximum atomic E-state index is 11.9. The molecule has 8 heteroatoms. The van der Waals surface area contributed by atoms with Crippen molar-refractivity contribution in [2.75, 3.05) is 13.1 Å². The molecule has 1 rings (SSSR count). The molecule has 0 aliphatic carbocycles. The van der Waals surface area contributed by atoms with Crippen molar-refractivity contribution in [3.05, 3.63) is 0 Å². The lowest BCUT2D eigenvalue weighted by molar-refractivity contribution is -0.141. The molecule has 1 aliphatic rings. The van der Waals surface area contributed by atoms with Gasteiger partial charge in [0, 0.05) is 13.1 Å². The summed E-state index contributed by atoms with van der Waals surface area (Å²) in [6.07, 6.45) is -0.667. The summed E-state index contributed by atoms with van der Waals surface area (Å²) in [6.45, 7) is 4.40. The number of morpholine rings is 1. The van der Waals surface area contributed by atoms with Crippen LogP contribution in [0.3, 0.4) is 0 Å². The van der Waals surface area contributed by atoms with Crippen LogP contribution in [0.4, 0.5) is 4.79 Å². The number of carboxylic acid groups (broad SMARTS) is 1. The number of primary amides is 1. The molecule has 1 aliphatic heterocycles. The highest BCUT2D eigenvalue weighted by atomic mass is 16.5. The molecule has 0 aromatic carbocycles. The highest BCUT2D eigenvalue weighted by molar-refractivity contribution is 5.87. The molecule has 0 unspecified atom stereocenters. The Morgan fingerprint density at radius 1 is 1.37 bits per heavy atom. The minimum atomic E-state index is -1.31. The Bertz CT molecular complexity index is 363. The first-order chi connectivity index (χ1) is 8.79. The minimum absolute atomic E-state index is 0.117. The van der Waals surface area contributed by atoms with Crippen LogP contribution in [0.15, 0.2) is 0 Å². The van der Waals surface area contributed by atoms with E-state index in [-0.39, 0.29) is 12.2 Å². The van der Waals surface area contributed by atoms with E-state index < -0.39 is 30.4 Å². The summed E-state index contributed by atoms with van der Waals surface area (Å²) in [5.41, 5.74) is 4.94. The third kappa shape index (κ3) is 4.74. The smallest absolute Gasteiger partial charge is 0.326 e. The van der Waals surface area contributed by atoms with Crippen LogP contribution in [-0.2, 0) is 14.3 Å². The molecular weight excluding hydrogens is 254 g/mol. The van der Waals surface area contributed by atoms with Crippen molar-refractivity contribution in [3.63, 3.8) is 0 Å². The number of nitrogens with one attached hydrogen (secondary N) is 1. The quantitative estimate of drug-likeness (QED) is 0.615. The Kier molecular flexibility index (Phi) is 5.11. The number of hydrogen-bond donors (Lipinski definition) is 3. The van der Waals surface area contributed by atoms with Gasteiger partial charge < -0.3 is 25.8 Å². The number of amides is 3. The highest BCUT2D eigenvalue weighted by Crippen LogP contribution is 2.10. The zero-order valence-electron chi connectivity index (χ0n) is 11.0. The van der Waals surface area contributed by atoms with Gasteiger partial charge in [-0.1, -0.05) is 0 Å². The molecule has 0 radical (unpaired) electrons. The lowest BCUT2D eigenvalue weighted by atomic mass is 10.2. The van der Waals surface area contributed by atoms with Gasteiger partial charge in [-0.3, -0.25) is 4.79 Å². The molecular formula is C11H19N3O5. The Hall–Kier alpha value is -1.83. The van der Waals surface area contributed by atoms with E-state index in [0.29, 0.717) is 13.1 Å². The first kappa shape index (κ1) is 15.2. The Labute approximate surface area is 110 Å². The van der Waals surface area contributed by atoms with Crippen molar-refractivity contribution in [2.45, 2.75) is 38.5 Å². The molecule has 8 nitrogen and oxygen atoms in total. The summed E-state index contributed by atoms with van der Waals surface area (Å²) in [6, 6.07) is -1.84. The highest BCUT2D eigenvalue weighted by Gasteiger charge is 2.29. The van der Waals surface area contributed by atoms with E-state index >= 15 is 0 Å². The first-order valence-corrected chi connectivity index (χ1v) is 6.01. The van der Waals surface area contributed by atoms with Gasteiger partial charge in [0.25, 0.3) is 0 Å². The molecule has 3 atom stereocenters. The van der Waals surface area contributed by atoms with E-state index in [1.807, 2.05) is 13.8 Å². The average Bonchev–Trinajstić information content (AvgIpc) is 2.25. The number of ether oxygens (including phenoxy) is 1. The molecule has 1 fully saturated rings. The van der Waals surface area contributed by atoms with Crippen molar-refractivity contribution in [1.82, 2.24) is 10.2 Å². The maximum Gasteiger partial charge on any atom is 0.326 e. The molecule has 0 saturated carbocycles. The van der Waals surface area contributed by atoms with Crippen LogP contribution in [-0.4, -0.2) is 59.3 Å². The summed E-state index contributed by atoms with van der Waals surface area (Å²) in [7, 11) is 0. The van der Waals surface area contributed by atoms with Crippen LogP contribution >= 0.6 is 0 Å². The fraction of sp³-hybridized carbons (Fsp3) is 0.727. The molecule has 0 spiro atoms. The molecule has 0 aromatic rings. The van der Waals surface area contributed by atoms with Gasteiger partial charge in [0.2, 0.25) is 5.91 Å². The number of nitrogens with two attached hydrogens (primary N) is 1. The third-order valence-corrected chi connectivity index (χ3v) is 2.71. The zero-order chi connectivity index (χ0) is 14.6. The molecule has 4 N–H and O–H groups in total. The van der Waals surface area contributed by atoms with Crippen LogP contribution in [0.1, 0.15) is 20.3 Å². The van der Waals surface area contributed by atoms with Crippen LogP contribution in [0, 0.1) is 0 Å². The second kappa shape index (κ2) is 6.37. The van der Waals surface area contributed by atoms with Gasteiger partial charge in [-0.25, -0.2) is 9.59 Å². The number of carbonyl (C=O) groups is 3. The van der Waals surface area contributed by atoms with Crippen LogP contribution in [0.25, 0.3) is 0 Å². The molecule has 108 valence electrons. The number of carbonyl (C=O) groups excluding carboxylic acids is 2. The number of aliphatic carboxylic acids is 1. The van der Waals surface area contributed by atoms with Crippen molar-refractivity contribution in [2.24, 2.45) is 5.73 Å². The van der Waals surface area contributed by atoms with Crippen molar-refractivity contribution in [1.29, 1.82) is 0 Å². The second-order valence-electron chi connectivity index (χ2n) is 4.67. The number of rotatable bonds is 4. The SMILES string of the molecule is C[C@@H]1CN(C(=O)N[C@H](CC(N)=O)C(=O)O)C[C@H](C)O1. The summed E-state index contributed by atoms with van der Waals surface area (Å²) in [5.74, 6) is -2.07. The number of urea groups is 1. The monoisotopic (exact) mass is 273 g/mol. The van der Waals surface area contributed by atoms with Gasteiger partial charge in [0.15, 0.2) is 0 Å². The number of nitrogens with zero attached hydrogens (tertiary/aromatic N) is 1. The third-order valence-electron chi connectivity index (χ3n) is 2.71. The average molecular weight is 273 g/mol. The lowest BCUT2D eigenvalue weighted by Gasteiger charge is -2.35. The van der Waals surface area contributed by atoms with Crippen LogP contribution in [0.5, 0.6) is 0 Å². The molecule has 0 aromatic heterocycles. The number of hydrogen-bond acceptors (Lipinski definition) is 4. The summed E-state index contributed by atoms with van der Waals surface area (Å²) in [5, 5.41) is 11.2. The second-order valence-corrected chi connectivity index (χ2v) is 4.67. The van der Waals surface area contributed by atoms with E-state index in [1.54, 1.807) is 0 Å². The lowest BCUT2D eigenvalue weighted by Crippen LogP contribution is -2.55.